The summed E-state index contributed by atoms with van der Waals surface area (Å²) in [5, 5.41) is 6.92. The van der Waals surface area contributed by atoms with E-state index >= 15 is 0 Å². The molecule has 0 fully saturated rings. The predicted molar refractivity (Wildman–Crippen MR) is 68.0 cm³/mol. The van der Waals surface area contributed by atoms with Crippen LogP contribution < -0.4 is 5.32 Å². The van der Waals surface area contributed by atoms with Crippen molar-refractivity contribution in [2.75, 3.05) is 5.32 Å². The first-order valence-electron chi connectivity index (χ1n) is 5.65. The number of nitrogens with zero attached hydrogens (tertiary/aromatic N) is 1. The van der Waals surface area contributed by atoms with E-state index in [-0.39, 0.29) is 0 Å². The van der Waals surface area contributed by atoms with Crippen molar-refractivity contribution >= 4 is 17.0 Å². The van der Waals surface area contributed by atoms with Crippen LogP contribution >= 0.6 is 11.3 Å². The summed E-state index contributed by atoms with van der Waals surface area (Å²) in [6, 6.07) is 8.89. The van der Waals surface area contributed by atoms with Crippen LogP contribution in [-0.2, 0) is 12.8 Å². The van der Waals surface area contributed by atoms with E-state index in [1.165, 1.54) is 22.0 Å². The highest BCUT2D eigenvalue weighted by molar-refractivity contribution is 7.09. The molecule has 0 saturated heterocycles. The summed E-state index contributed by atoms with van der Waals surface area (Å²) in [5.74, 6) is 0. The van der Waals surface area contributed by atoms with Crippen molar-refractivity contribution < 1.29 is 0 Å². The van der Waals surface area contributed by atoms with Gasteiger partial charge in [-0.1, -0.05) is 25.1 Å². The molecule has 1 N–H and O–H groups in total. The lowest BCUT2D eigenvalue weighted by Crippen LogP contribution is -2.05. The first kappa shape index (κ1) is 9.85. The standard InChI is InChI=1S/C13H14N2S/c1-2-10-8-16-13(14-10)12-7-9-5-3-4-6-11(9)15-12/h3-6,8,12,15H,2,7H2,1H3. The Balaban J connectivity index is 1.85. The number of hydrogen-bond acceptors (Lipinski definition) is 3. The quantitative estimate of drug-likeness (QED) is 0.855. The third-order valence-corrected chi connectivity index (χ3v) is 4.01. The predicted octanol–water partition coefficient (Wildman–Crippen LogP) is 3.41. The lowest BCUT2D eigenvalue weighted by molar-refractivity contribution is 0.805. The van der Waals surface area contributed by atoms with Crippen molar-refractivity contribution in [3.63, 3.8) is 0 Å². The Hall–Kier alpha value is -1.35. The van der Waals surface area contributed by atoms with Crippen molar-refractivity contribution in [3.8, 4) is 0 Å². The molecule has 0 saturated carbocycles. The molecule has 82 valence electrons. The third-order valence-electron chi connectivity index (χ3n) is 3.00. The summed E-state index contributed by atoms with van der Waals surface area (Å²) in [6.07, 6.45) is 2.09. The van der Waals surface area contributed by atoms with Crippen molar-refractivity contribution in [2.45, 2.75) is 25.8 Å². The van der Waals surface area contributed by atoms with Gasteiger partial charge in [-0.2, -0.15) is 0 Å². The number of aryl methyl sites for hydroxylation is 1. The molecule has 2 nitrogen and oxygen atoms in total. The SMILES string of the molecule is CCc1csc(C2Cc3ccccc3N2)n1. The average molecular weight is 230 g/mol. The first-order valence-corrected chi connectivity index (χ1v) is 6.53. The summed E-state index contributed by atoms with van der Waals surface area (Å²) in [5.41, 5.74) is 3.87. The molecule has 2 heterocycles. The Kier molecular flexibility index (Phi) is 2.40. The van der Waals surface area contributed by atoms with Gasteiger partial charge in [0.25, 0.3) is 0 Å². The maximum Gasteiger partial charge on any atom is 0.115 e. The highest BCUT2D eigenvalue weighted by atomic mass is 32.1. The first-order chi connectivity index (χ1) is 7.86. The minimum absolute atomic E-state index is 0.377. The Morgan fingerprint density at radius 2 is 2.31 bits per heavy atom. The van der Waals surface area contributed by atoms with Gasteiger partial charge in [0, 0.05) is 17.5 Å². The lowest BCUT2D eigenvalue weighted by Gasteiger charge is -2.06. The topological polar surface area (TPSA) is 24.9 Å². The van der Waals surface area contributed by atoms with E-state index in [0.29, 0.717) is 6.04 Å². The minimum Gasteiger partial charge on any atom is -0.375 e. The van der Waals surface area contributed by atoms with Gasteiger partial charge in [0.2, 0.25) is 0 Å². The maximum atomic E-state index is 4.65. The Bertz CT molecular complexity index is 479. The molecule has 1 unspecified atom stereocenters. The van der Waals surface area contributed by atoms with Gasteiger partial charge in [-0.05, 0) is 18.1 Å². The third kappa shape index (κ3) is 1.61. The van der Waals surface area contributed by atoms with Crippen LogP contribution in [0.15, 0.2) is 29.6 Å². The summed E-state index contributed by atoms with van der Waals surface area (Å²) in [6.45, 7) is 2.15. The molecule has 1 aliphatic rings. The number of nitrogens with one attached hydrogen (secondary N) is 1. The van der Waals surface area contributed by atoms with Crippen LogP contribution in [0, 0.1) is 0 Å². The van der Waals surface area contributed by atoms with Gasteiger partial charge >= 0.3 is 0 Å². The number of hydrogen-bond donors (Lipinski definition) is 1. The largest absolute Gasteiger partial charge is 0.375 e. The Labute approximate surface area is 99.4 Å². The van der Waals surface area contributed by atoms with Crippen molar-refractivity contribution in [2.24, 2.45) is 0 Å². The van der Waals surface area contributed by atoms with Gasteiger partial charge in [-0.25, -0.2) is 4.98 Å². The van der Waals surface area contributed by atoms with Crippen LogP contribution in [0.1, 0.15) is 29.2 Å². The van der Waals surface area contributed by atoms with Gasteiger partial charge < -0.3 is 5.32 Å². The number of benzene rings is 1. The van der Waals surface area contributed by atoms with Gasteiger partial charge in [-0.3, -0.25) is 0 Å². The van der Waals surface area contributed by atoms with E-state index in [1.807, 2.05) is 0 Å². The highest BCUT2D eigenvalue weighted by Gasteiger charge is 2.23. The van der Waals surface area contributed by atoms with Crippen LogP contribution in [-0.4, -0.2) is 4.98 Å². The maximum absolute atomic E-state index is 4.65. The summed E-state index contributed by atoms with van der Waals surface area (Å²) < 4.78 is 0. The number of rotatable bonds is 2. The summed E-state index contributed by atoms with van der Waals surface area (Å²) >= 11 is 1.77. The van der Waals surface area contributed by atoms with Crippen LogP contribution in [0.5, 0.6) is 0 Å². The van der Waals surface area contributed by atoms with Crippen molar-refractivity contribution in [1.82, 2.24) is 4.98 Å². The number of aromatic nitrogens is 1. The molecule has 0 spiro atoms. The van der Waals surface area contributed by atoms with Crippen LogP contribution in [0.2, 0.25) is 0 Å². The van der Waals surface area contributed by atoms with Crippen LogP contribution in [0.4, 0.5) is 5.69 Å². The molecule has 16 heavy (non-hydrogen) atoms. The van der Waals surface area contributed by atoms with Gasteiger partial charge in [0.05, 0.1) is 11.7 Å². The van der Waals surface area contributed by atoms with Crippen molar-refractivity contribution in [1.29, 1.82) is 0 Å². The second-order valence-corrected chi connectivity index (χ2v) is 4.98. The molecule has 0 amide bonds. The average Bonchev–Trinajstić information content (AvgIpc) is 2.95. The lowest BCUT2D eigenvalue weighted by atomic mass is 10.1. The van der Waals surface area contributed by atoms with E-state index < -0.39 is 0 Å². The molecule has 2 aromatic rings. The molecule has 0 aliphatic carbocycles. The molecule has 1 aromatic heterocycles. The Morgan fingerprint density at radius 3 is 3.06 bits per heavy atom. The Morgan fingerprint density at radius 1 is 1.44 bits per heavy atom. The molecule has 0 radical (unpaired) electrons. The molecular weight excluding hydrogens is 216 g/mol. The fourth-order valence-corrected chi connectivity index (χ4v) is 3.04. The molecule has 3 rings (SSSR count). The highest BCUT2D eigenvalue weighted by Crippen LogP contribution is 2.34. The summed E-state index contributed by atoms with van der Waals surface area (Å²) in [7, 11) is 0. The smallest absolute Gasteiger partial charge is 0.115 e. The normalized spacial score (nSPS) is 18.2. The fourth-order valence-electron chi connectivity index (χ4n) is 2.09. The number of para-hydroxylation sites is 1. The molecule has 3 heteroatoms. The molecular formula is C13H14N2S. The second kappa shape index (κ2) is 3.91. The molecule has 0 bridgehead atoms. The van der Waals surface area contributed by atoms with Crippen LogP contribution in [0.3, 0.4) is 0 Å². The van der Waals surface area contributed by atoms with Gasteiger partial charge in [-0.15, -0.1) is 11.3 Å². The van der Waals surface area contributed by atoms with E-state index in [9.17, 15) is 0 Å². The summed E-state index contributed by atoms with van der Waals surface area (Å²) in [4.78, 5) is 4.65. The van der Waals surface area contributed by atoms with Crippen LogP contribution in [0.25, 0.3) is 0 Å². The van der Waals surface area contributed by atoms with Crippen molar-refractivity contribution in [3.05, 3.63) is 45.9 Å². The van der Waals surface area contributed by atoms with E-state index in [4.69, 9.17) is 0 Å². The monoisotopic (exact) mass is 230 g/mol. The molecule has 1 aliphatic heterocycles. The zero-order chi connectivity index (χ0) is 11.0. The molecule has 1 atom stereocenters. The second-order valence-electron chi connectivity index (χ2n) is 4.09. The minimum atomic E-state index is 0.377. The van der Waals surface area contributed by atoms with Gasteiger partial charge in [0.15, 0.2) is 0 Å². The van der Waals surface area contributed by atoms with E-state index in [0.717, 1.165) is 12.8 Å². The number of anilines is 1. The van der Waals surface area contributed by atoms with Gasteiger partial charge in [0.1, 0.15) is 5.01 Å². The zero-order valence-electron chi connectivity index (χ0n) is 9.23. The fraction of sp³-hybridized carbons (Fsp3) is 0.308. The molecule has 1 aromatic carbocycles. The number of thiazole rings is 1. The zero-order valence-corrected chi connectivity index (χ0v) is 10.1. The van der Waals surface area contributed by atoms with E-state index in [1.54, 1.807) is 11.3 Å². The van der Waals surface area contributed by atoms with E-state index in [2.05, 4.69) is 46.9 Å². The number of fused-ring (bicyclic) bond motifs is 1.